The predicted octanol–water partition coefficient (Wildman–Crippen LogP) is 9.37. The first-order valence-electron chi connectivity index (χ1n) is 10.9. The summed E-state index contributed by atoms with van der Waals surface area (Å²) in [5, 5.41) is 0. The molecule has 2 aromatic rings. The zero-order valence-electron chi connectivity index (χ0n) is 20.3. The van der Waals surface area contributed by atoms with Crippen molar-refractivity contribution >= 4 is 0 Å². The van der Waals surface area contributed by atoms with Gasteiger partial charge in [0.05, 0.1) is 0 Å². The molecule has 2 aromatic carbocycles. The third-order valence-electron chi connectivity index (χ3n) is 3.49. The van der Waals surface area contributed by atoms with Crippen LogP contribution in [-0.2, 0) is 5.41 Å². The van der Waals surface area contributed by atoms with E-state index >= 15 is 0 Å². The summed E-state index contributed by atoms with van der Waals surface area (Å²) in [5.74, 6) is 1.67. The first kappa shape index (κ1) is 27.7. The molecule has 1 aliphatic carbocycles. The van der Waals surface area contributed by atoms with Gasteiger partial charge in [0.15, 0.2) is 0 Å². The minimum atomic E-state index is 0.160. The van der Waals surface area contributed by atoms with Crippen molar-refractivity contribution in [2.45, 2.75) is 88.5 Å². The van der Waals surface area contributed by atoms with E-state index in [2.05, 4.69) is 104 Å². The van der Waals surface area contributed by atoms with E-state index in [4.69, 9.17) is 0 Å². The molecular formula is C27H46. The molecule has 3 rings (SSSR count). The minimum Gasteiger partial charge on any atom is -0.0683 e. The third kappa shape index (κ3) is 9.27. The van der Waals surface area contributed by atoms with Gasteiger partial charge in [-0.25, -0.2) is 0 Å². The molecular weight excluding hydrogens is 324 g/mol. The Morgan fingerprint density at radius 2 is 0.741 bits per heavy atom. The summed E-state index contributed by atoms with van der Waals surface area (Å²) in [7, 11) is 0. The van der Waals surface area contributed by atoms with Crippen LogP contribution in [-0.4, -0.2) is 0 Å². The number of hydrogen-bond acceptors (Lipinski definition) is 0. The normalized spacial score (nSPS) is 11.9. The zero-order valence-corrected chi connectivity index (χ0v) is 20.3. The molecule has 0 saturated carbocycles. The highest BCUT2D eigenvalue weighted by molar-refractivity contribution is 5.80. The highest BCUT2D eigenvalue weighted by Gasteiger charge is 2.34. The lowest BCUT2D eigenvalue weighted by molar-refractivity contribution is 0.660. The number of rotatable bonds is 0. The summed E-state index contributed by atoms with van der Waals surface area (Å²) in [5.41, 5.74) is 5.86. The lowest BCUT2D eigenvalue weighted by Gasteiger charge is -2.20. The number of benzene rings is 2. The summed E-state index contributed by atoms with van der Waals surface area (Å²) in [4.78, 5) is 0. The van der Waals surface area contributed by atoms with Gasteiger partial charge in [0.2, 0.25) is 0 Å². The summed E-state index contributed by atoms with van der Waals surface area (Å²) >= 11 is 0. The molecule has 0 bridgehead atoms. The summed E-state index contributed by atoms with van der Waals surface area (Å²) in [6.07, 6.45) is 0. The van der Waals surface area contributed by atoms with Crippen LogP contribution in [0.25, 0.3) is 11.1 Å². The minimum absolute atomic E-state index is 0.160. The first-order valence-corrected chi connectivity index (χ1v) is 10.9. The van der Waals surface area contributed by atoms with Gasteiger partial charge in [-0.2, -0.15) is 0 Å². The van der Waals surface area contributed by atoms with Crippen molar-refractivity contribution in [3.8, 4) is 11.1 Å². The molecule has 1 aliphatic rings. The van der Waals surface area contributed by atoms with Crippen LogP contribution in [0.15, 0.2) is 48.5 Å². The first-order chi connectivity index (χ1) is 12.7. The molecule has 0 atom stereocenters. The molecule has 0 nitrogen and oxygen atoms in total. The summed E-state index contributed by atoms with van der Waals surface area (Å²) in [6.45, 7) is 25.6. The second kappa shape index (κ2) is 14.5. The van der Waals surface area contributed by atoms with Crippen molar-refractivity contribution in [3.05, 3.63) is 59.7 Å². The van der Waals surface area contributed by atoms with E-state index in [1.807, 2.05) is 27.7 Å². The van der Waals surface area contributed by atoms with E-state index in [-0.39, 0.29) is 5.41 Å². The molecule has 0 aliphatic heterocycles. The average molecular weight is 371 g/mol. The average Bonchev–Trinajstić information content (AvgIpc) is 2.86. The number of fused-ring (bicyclic) bond motifs is 3. The molecule has 27 heavy (non-hydrogen) atoms. The fourth-order valence-corrected chi connectivity index (χ4v) is 2.67. The molecule has 0 saturated heterocycles. The van der Waals surface area contributed by atoms with Crippen LogP contribution >= 0.6 is 0 Å². The van der Waals surface area contributed by atoms with Gasteiger partial charge >= 0.3 is 0 Å². The van der Waals surface area contributed by atoms with E-state index in [0.717, 1.165) is 11.8 Å². The zero-order chi connectivity index (χ0) is 21.6. The highest BCUT2D eigenvalue weighted by atomic mass is 14.4. The Labute approximate surface area is 171 Å². The van der Waals surface area contributed by atoms with Crippen LogP contribution < -0.4 is 0 Å². The van der Waals surface area contributed by atoms with E-state index in [9.17, 15) is 0 Å². The molecule has 154 valence electrons. The van der Waals surface area contributed by atoms with E-state index < -0.39 is 0 Å². The Bertz CT molecular complexity index is 544. The van der Waals surface area contributed by atoms with E-state index in [1.165, 1.54) is 22.3 Å². The smallest absolute Gasteiger partial charge is 0.0158 e. The van der Waals surface area contributed by atoms with Crippen molar-refractivity contribution < 1.29 is 0 Å². The molecule has 0 unspecified atom stereocenters. The molecule has 0 N–H and O–H groups in total. The topological polar surface area (TPSA) is 0 Å². The Morgan fingerprint density at radius 1 is 0.519 bits per heavy atom. The fourth-order valence-electron chi connectivity index (χ4n) is 2.67. The summed E-state index contributed by atoms with van der Waals surface area (Å²) < 4.78 is 0. The van der Waals surface area contributed by atoms with E-state index in [1.54, 1.807) is 0 Å². The monoisotopic (exact) mass is 370 g/mol. The maximum Gasteiger partial charge on any atom is 0.0158 e. The Balaban J connectivity index is 0. The van der Waals surface area contributed by atoms with Gasteiger partial charge in [-0.1, -0.05) is 132 Å². The molecule has 0 fully saturated rings. The van der Waals surface area contributed by atoms with Crippen molar-refractivity contribution in [1.82, 2.24) is 0 Å². The quantitative estimate of drug-likeness (QED) is 0.433. The Kier molecular flexibility index (Phi) is 14.8. The molecule has 0 heterocycles. The maximum atomic E-state index is 2.30. The van der Waals surface area contributed by atoms with Crippen molar-refractivity contribution in [2.24, 2.45) is 11.8 Å². The Morgan fingerprint density at radius 3 is 1.00 bits per heavy atom. The van der Waals surface area contributed by atoms with Gasteiger partial charge in [-0.3, -0.25) is 0 Å². The van der Waals surface area contributed by atoms with Gasteiger partial charge in [0.25, 0.3) is 0 Å². The van der Waals surface area contributed by atoms with Crippen LogP contribution in [0, 0.1) is 11.8 Å². The molecule has 0 spiro atoms. The van der Waals surface area contributed by atoms with Crippen molar-refractivity contribution in [3.63, 3.8) is 0 Å². The largest absolute Gasteiger partial charge is 0.0683 e. The maximum absolute atomic E-state index is 2.30. The highest BCUT2D eigenvalue weighted by Crippen LogP contribution is 2.47. The van der Waals surface area contributed by atoms with Gasteiger partial charge in [0.1, 0.15) is 0 Å². The number of hydrogen-bond donors (Lipinski definition) is 0. The molecule has 0 amide bonds. The van der Waals surface area contributed by atoms with Gasteiger partial charge in [-0.05, 0) is 34.1 Å². The Hall–Kier alpha value is -1.56. The third-order valence-corrected chi connectivity index (χ3v) is 3.49. The summed E-state index contributed by atoms with van der Waals surface area (Å²) in [6, 6.07) is 17.4. The lowest BCUT2D eigenvalue weighted by Crippen LogP contribution is -2.14. The van der Waals surface area contributed by atoms with Crippen LogP contribution in [0.5, 0.6) is 0 Å². The van der Waals surface area contributed by atoms with Crippen LogP contribution in [0.2, 0.25) is 0 Å². The lowest BCUT2D eigenvalue weighted by atomic mass is 9.82. The second-order valence-electron chi connectivity index (χ2n) is 8.18. The standard InChI is InChI=1S/C15H14.2C4H10.2C2H6/c1-15(2)13-9-5-3-7-11(13)12-8-4-6-10-14(12)15;2*1-4(2)3;2*1-2/h3-10H,1-2H3;2*4H,1-3H3;2*1-2H3. The van der Waals surface area contributed by atoms with Gasteiger partial charge in [0, 0.05) is 5.41 Å². The van der Waals surface area contributed by atoms with E-state index in [0.29, 0.717) is 0 Å². The SMILES string of the molecule is CC.CC.CC(C)C.CC(C)C.CC1(C)c2ccccc2-c2ccccc21. The molecule has 0 radical (unpaired) electrons. The van der Waals surface area contributed by atoms with Crippen LogP contribution in [0.4, 0.5) is 0 Å². The molecule has 0 aromatic heterocycles. The van der Waals surface area contributed by atoms with Crippen molar-refractivity contribution in [1.29, 1.82) is 0 Å². The van der Waals surface area contributed by atoms with Crippen molar-refractivity contribution in [2.75, 3.05) is 0 Å². The van der Waals surface area contributed by atoms with Gasteiger partial charge < -0.3 is 0 Å². The fraction of sp³-hybridized carbons (Fsp3) is 0.556. The van der Waals surface area contributed by atoms with Crippen LogP contribution in [0.3, 0.4) is 0 Å². The second-order valence-corrected chi connectivity index (χ2v) is 8.18. The predicted molar refractivity (Wildman–Crippen MR) is 128 cm³/mol. The molecule has 0 heteroatoms. The van der Waals surface area contributed by atoms with Crippen LogP contribution in [0.1, 0.15) is 94.2 Å². The van der Waals surface area contributed by atoms with Gasteiger partial charge in [-0.15, -0.1) is 0 Å².